The molecule has 0 aliphatic carbocycles. The molecule has 1 aromatic carbocycles. The first-order valence-electron chi connectivity index (χ1n) is 9.03. The molecule has 5 nitrogen and oxygen atoms in total. The van der Waals surface area contributed by atoms with Gasteiger partial charge in [0, 0.05) is 18.7 Å². The van der Waals surface area contributed by atoms with Crippen LogP contribution in [-0.2, 0) is 4.74 Å². The van der Waals surface area contributed by atoms with Gasteiger partial charge in [0.25, 0.3) is 5.91 Å². The van der Waals surface area contributed by atoms with Crippen molar-refractivity contribution >= 4 is 12.0 Å². The van der Waals surface area contributed by atoms with Gasteiger partial charge in [0.15, 0.2) is 0 Å². The van der Waals surface area contributed by atoms with Gasteiger partial charge in [0.2, 0.25) is 0 Å². The van der Waals surface area contributed by atoms with E-state index < -0.39 is 5.60 Å². The van der Waals surface area contributed by atoms with Crippen LogP contribution in [0.2, 0.25) is 0 Å². The number of fused-ring (bicyclic) bond motifs is 2. The third-order valence-corrected chi connectivity index (χ3v) is 5.13. The van der Waals surface area contributed by atoms with Gasteiger partial charge in [-0.3, -0.25) is 9.69 Å². The van der Waals surface area contributed by atoms with E-state index in [2.05, 4.69) is 0 Å². The molecule has 0 radical (unpaired) electrons. The summed E-state index contributed by atoms with van der Waals surface area (Å²) in [4.78, 5) is 29.1. The second-order valence-electron chi connectivity index (χ2n) is 8.28. The van der Waals surface area contributed by atoms with Crippen LogP contribution in [0.15, 0.2) is 18.2 Å². The number of benzene rings is 1. The van der Waals surface area contributed by atoms with E-state index in [1.165, 1.54) is 5.56 Å². The highest BCUT2D eigenvalue weighted by Crippen LogP contribution is 2.32. The summed E-state index contributed by atoms with van der Waals surface area (Å²) in [6, 6.07) is 5.97. The van der Waals surface area contributed by atoms with Crippen molar-refractivity contribution in [1.29, 1.82) is 0 Å². The summed E-state index contributed by atoms with van der Waals surface area (Å²) in [6.45, 7) is 10.9. The number of hydrogen-bond acceptors (Lipinski definition) is 3. The first kappa shape index (κ1) is 17.8. The number of nitrogens with zero attached hydrogens (tertiary/aromatic N) is 2. The van der Waals surface area contributed by atoms with Crippen LogP contribution in [0.1, 0.15) is 55.1 Å². The van der Waals surface area contributed by atoms with E-state index in [-0.39, 0.29) is 24.1 Å². The van der Waals surface area contributed by atoms with Crippen molar-refractivity contribution in [2.75, 3.05) is 13.1 Å². The molecule has 1 aromatic rings. The van der Waals surface area contributed by atoms with Crippen LogP contribution in [0, 0.1) is 13.8 Å². The fourth-order valence-corrected chi connectivity index (χ4v) is 3.74. The Balaban J connectivity index is 1.72. The fourth-order valence-electron chi connectivity index (χ4n) is 3.74. The molecule has 2 aliphatic heterocycles. The molecule has 0 spiro atoms. The van der Waals surface area contributed by atoms with Gasteiger partial charge in [0.1, 0.15) is 5.60 Å². The predicted molar refractivity (Wildman–Crippen MR) is 96.7 cm³/mol. The van der Waals surface area contributed by atoms with Crippen molar-refractivity contribution in [2.45, 2.75) is 65.1 Å². The summed E-state index contributed by atoms with van der Waals surface area (Å²) in [5, 5.41) is 0. The van der Waals surface area contributed by atoms with Crippen molar-refractivity contribution in [2.24, 2.45) is 0 Å². The summed E-state index contributed by atoms with van der Waals surface area (Å²) in [5.41, 5.74) is 2.55. The molecule has 25 heavy (non-hydrogen) atoms. The zero-order valence-electron chi connectivity index (χ0n) is 15.8. The van der Waals surface area contributed by atoms with Crippen molar-refractivity contribution in [3.8, 4) is 0 Å². The van der Waals surface area contributed by atoms with Gasteiger partial charge in [-0.05, 0) is 70.7 Å². The molecule has 2 saturated heterocycles. The number of likely N-dealkylation sites (tertiary alicyclic amines) is 1. The summed E-state index contributed by atoms with van der Waals surface area (Å²) in [6.07, 6.45) is 1.61. The highest BCUT2D eigenvalue weighted by atomic mass is 16.6. The minimum Gasteiger partial charge on any atom is -0.444 e. The number of rotatable bonds is 1. The van der Waals surface area contributed by atoms with E-state index in [0.717, 1.165) is 24.0 Å². The second-order valence-corrected chi connectivity index (χ2v) is 8.28. The largest absolute Gasteiger partial charge is 0.444 e. The maximum Gasteiger partial charge on any atom is 0.410 e. The van der Waals surface area contributed by atoms with E-state index >= 15 is 0 Å². The van der Waals surface area contributed by atoms with E-state index in [0.29, 0.717) is 13.1 Å². The van der Waals surface area contributed by atoms with Gasteiger partial charge < -0.3 is 9.64 Å². The van der Waals surface area contributed by atoms with E-state index in [4.69, 9.17) is 4.74 Å². The molecule has 2 aliphatic rings. The number of carbonyl (C=O) groups excluding carboxylic acids is 2. The smallest absolute Gasteiger partial charge is 0.410 e. The van der Waals surface area contributed by atoms with Crippen molar-refractivity contribution < 1.29 is 14.3 Å². The Morgan fingerprint density at radius 2 is 1.64 bits per heavy atom. The number of carbonyl (C=O) groups is 2. The quantitative estimate of drug-likeness (QED) is 0.783. The average Bonchev–Trinajstić information content (AvgIpc) is 2.78. The lowest BCUT2D eigenvalue weighted by Gasteiger charge is -2.41. The molecule has 2 unspecified atom stereocenters. The van der Waals surface area contributed by atoms with Crippen molar-refractivity contribution in [3.05, 3.63) is 34.9 Å². The number of aryl methyl sites for hydroxylation is 2. The zero-order valence-corrected chi connectivity index (χ0v) is 15.8. The van der Waals surface area contributed by atoms with Gasteiger partial charge in [-0.1, -0.05) is 6.07 Å². The molecular weight excluding hydrogens is 316 g/mol. The average molecular weight is 344 g/mol. The van der Waals surface area contributed by atoms with E-state index in [1.54, 1.807) is 0 Å². The molecule has 2 fully saturated rings. The lowest BCUT2D eigenvalue weighted by molar-refractivity contribution is -0.00335. The molecule has 2 heterocycles. The van der Waals surface area contributed by atoms with Gasteiger partial charge >= 0.3 is 6.09 Å². The highest BCUT2D eigenvalue weighted by molar-refractivity contribution is 5.94. The Morgan fingerprint density at radius 1 is 1.04 bits per heavy atom. The molecular formula is C20H28N2O3. The SMILES string of the molecule is Cc1ccc(C(=O)N2CC3CCC(C2)N3C(=O)OC(C)(C)C)cc1C. The Hall–Kier alpha value is -2.04. The zero-order chi connectivity index (χ0) is 18.4. The Kier molecular flexibility index (Phi) is 4.52. The van der Waals surface area contributed by atoms with Gasteiger partial charge in [0.05, 0.1) is 12.1 Å². The van der Waals surface area contributed by atoms with Crippen LogP contribution >= 0.6 is 0 Å². The monoisotopic (exact) mass is 344 g/mol. The molecule has 0 aromatic heterocycles. The van der Waals surface area contributed by atoms with Crippen LogP contribution in [0.4, 0.5) is 4.79 Å². The molecule has 5 heteroatoms. The number of piperazine rings is 1. The van der Waals surface area contributed by atoms with Crippen LogP contribution < -0.4 is 0 Å². The van der Waals surface area contributed by atoms with Crippen LogP contribution in [0.5, 0.6) is 0 Å². The first-order chi connectivity index (χ1) is 11.7. The van der Waals surface area contributed by atoms with Crippen molar-refractivity contribution in [3.63, 3.8) is 0 Å². The van der Waals surface area contributed by atoms with E-state index in [9.17, 15) is 9.59 Å². The summed E-state index contributed by atoms with van der Waals surface area (Å²) in [5.74, 6) is 0.0591. The summed E-state index contributed by atoms with van der Waals surface area (Å²) < 4.78 is 5.55. The maximum absolute atomic E-state index is 12.9. The maximum atomic E-state index is 12.9. The minimum absolute atomic E-state index is 0.0591. The molecule has 136 valence electrons. The third kappa shape index (κ3) is 3.65. The lowest BCUT2D eigenvalue weighted by Crippen LogP contribution is -2.57. The third-order valence-electron chi connectivity index (χ3n) is 5.13. The lowest BCUT2D eigenvalue weighted by atomic mass is 10.0. The van der Waals surface area contributed by atoms with Gasteiger partial charge in [-0.2, -0.15) is 0 Å². The molecule has 2 amide bonds. The minimum atomic E-state index is -0.497. The molecule has 2 atom stereocenters. The van der Waals surface area contributed by atoms with Gasteiger partial charge in [-0.25, -0.2) is 4.79 Å². The topological polar surface area (TPSA) is 49.9 Å². The molecule has 0 N–H and O–H groups in total. The highest BCUT2D eigenvalue weighted by Gasteiger charge is 2.45. The van der Waals surface area contributed by atoms with Gasteiger partial charge in [-0.15, -0.1) is 0 Å². The summed E-state index contributed by atoms with van der Waals surface area (Å²) in [7, 11) is 0. The normalized spacial score (nSPS) is 22.9. The van der Waals surface area contributed by atoms with Crippen molar-refractivity contribution in [1.82, 2.24) is 9.80 Å². The number of amides is 2. The standard InChI is InChI=1S/C20H28N2O3/c1-13-6-7-15(10-14(13)2)18(23)21-11-16-8-9-17(12-21)22(16)19(24)25-20(3,4)5/h6-7,10,16-17H,8-9,11-12H2,1-5H3. The Bertz CT molecular complexity index is 679. The Labute approximate surface area is 149 Å². The van der Waals surface area contributed by atoms with Crippen LogP contribution in [-0.4, -0.2) is 52.6 Å². The predicted octanol–water partition coefficient (Wildman–Crippen LogP) is 3.53. The Morgan fingerprint density at radius 3 is 2.16 bits per heavy atom. The van der Waals surface area contributed by atoms with E-state index in [1.807, 2.05) is 62.6 Å². The van der Waals surface area contributed by atoms with Crippen LogP contribution in [0.25, 0.3) is 0 Å². The molecule has 2 bridgehead atoms. The summed E-state index contributed by atoms with van der Waals surface area (Å²) >= 11 is 0. The molecule has 3 rings (SSSR count). The van der Waals surface area contributed by atoms with Crippen LogP contribution in [0.3, 0.4) is 0 Å². The molecule has 0 saturated carbocycles. The fraction of sp³-hybridized carbons (Fsp3) is 0.600. The number of ether oxygens (including phenoxy) is 1. The first-order valence-corrected chi connectivity index (χ1v) is 9.03. The number of hydrogen-bond donors (Lipinski definition) is 0. The second kappa shape index (κ2) is 6.36.